The first-order valence-corrected chi connectivity index (χ1v) is 3.88. The molecule has 1 rings (SSSR count). The number of rotatable bonds is 1. The molecule has 1 aliphatic rings. The van der Waals surface area contributed by atoms with Gasteiger partial charge in [0.05, 0.1) is 0 Å². The molecular formula is C8H13NO2. The number of amides is 1. The number of hydroxylamine groups is 1. The summed E-state index contributed by atoms with van der Waals surface area (Å²) in [6.45, 7) is 1.95. The zero-order chi connectivity index (χ0) is 8.27. The third-order valence-electron chi connectivity index (χ3n) is 2.12. The third-order valence-corrected chi connectivity index (χ3v) is 2.12. The van der Waals surface area contributed by atoms with Crippen molar-refractivity contribution in [2.24, 2.45) is 0 Å². The first-order chi connectivity index (χ1) is 5.25. The molecule has 2 N–H and O–H groups in total. The number of hydrogen-bond donors (Lipinski definition) is 2. The number of carbonyl (C=O) groups is 1. The molecule has 1 aliphatic carbocycles. The molecule has 0 unspecified atom stereocenters. The SMILES string of the molecule is CC1=C(C(=O)NO)CCCC1. The van der Waals surface area contributed by atoms with E-state index >= 15 is 0 Å². The van der Waals surface area contributed by atoms with Crippen molar-refractivity contribution >= 4 is 5.91 Å². The maximum absolute atomic E-state index is 11.0. The summed E-state index contributed by atoms with van der Waals surface area (Å²) in [5.74, 6) is -0.331. The normalized spacial score (nSPS) is 18.4. The first-order valence-electron chi connectivity index (χ1n) is 3.88. The van der Waals surface area contributed by atoms with E-state index < -0.39 is 0 Å². The largest absolute Gasteiger partial charge is 0.288 e. The summed E-state index contributed by atoms with van der Waals surface area (Å²) in [6, 6.07) is 0. The van der Waals surface area contributed by atoms with Crippen LogP contribution in [-0.4, -0.2) is 11.1 Å². The van der Waals surface area contributed by atoms with Crippen LogP contribution >= 0.6 is 0 Å². The van der Waals surface area contributed by atoms with Gasteiger partial charge >= 0.3 is 0 Å². The fourth-order valence-electron chi connectivity index (χ4n) is 1.43. The second kappa shape index (κ2) is 3.53. The Hall–Kier alpha value is -0.830. The summed E-state index contributed by atoms with van der Waals surface area (Å²) in [5.41, 5.74) is 3.54. The highest BCUT2D eigenvalue weighted by molar-refractivity contribution is 5.93. The Labute approximate surface area is 66.1 Å². The van der Waals surface area contributed by atoms with Gasteiger partial charge in [-0.05, 0) is 32.6 Å². The van der Waals surface area contributed by atoms with Crippen LogP contribution in [0.15, 0.2) is 11.1 Å². The fourth-order valence-corrected chi connectivity index (χ4v) is 1.43. The predicted octanol–water partition coefficient (Wildman–Crippen LogP) is 1.38. The zero-order valence-electron chi connectivity index (χ0n) is 6.68. The smallest absolute Gasteiger partial charge is 0.270 e. The van der Waals surface area contributed by atoms with Crippen LogP contribution in [0.25, 0.3) is 0 Å². The molecule has 11 heavy (non-hydrogen) atoms. The Kier molecular flexibility index (Phi) is 2.65. The van der Waals surface area contributed by atoms with Crippen molar-refractivity contribution < 1.29 is 10.0 Å². The van der Waals surface area contributed by atoms with Gasteiger partial charge in [0.15, 0.2) is 0 Å². The van der Waals surface area contributed by atoms with Crippen LogP contribution in [0.1, 0.15) is 32.6 Å². The van der Waals surface area contributed by atoms with E-state index in [4.69, 9.17) is 5.21 Å². The van der Waals surface area contributed by atoms with Crippen LogP contribution in [0.3, 0.4) is 0 Å². The molecule has 0 fully saturated rings. The molecule has 3 nitrogen and oxygen atoms in total. The lowest BCUT2D eigenvalue weighted by Gasteiger charge is -2.15. The van der Waals surface area contributed by atoms with Crippen molar-refractivity contribution in [2.75, 3.05) is 0 Å². The summed E-state index contributed by atoms with van der Waals surface area (Å²) in [7, 11) is 0. The van der Waals surface area contributed by atoms with Gasteiger partial charge in [-0.2, -0.15) is 0 Å². The van der Waals surface area contributed by atoms with Crippen LogP contribution in [0.5, 0.6) is 0 Å². The van der Waals surface area contributed by atoms with Crippen LogP contribution in [0, 0.1) is 0 Å². The molecule has 0 bridgehead atoms. The second-order valence-electron chi connectivity index (χ2n) is 2.91. The molecule has 0 heterocycles. The molecular weight excluding hydrogens is 142 g/mol. The summed E-state index contributed by atoms with van der Waals surface area (Å²) in [5, 5.41) is 8.37. The van der Waals surface area contributed by atoms with Crippen LogP contribution in [0.4, 0.5) is 0 Å². The van der Waals surface area contributed by atoms with Gasteiger partial charge in [-0.15, -0.1) is 0 Å². The molecule has 0 aromatic rings. The highest BCUT2D eigenvalue weighted by Gasteiger charge is 2.15. The maximum atomic E-state index is 11.0. The summed E-state index contributed by atoms with van der Waals surface area (Å²) in [6.07, 6.45) is 4.01. The van der Waals surface area contributed by atoms with Gasteiger partial charge in [0, 0.05) is 5.57 Å². The lowest BCUT2D eigenvalue weighted by atomic mass is 9.92. The third kappa shape index (κ3) is 1.80. The van der Waals surface area contributed by atoms with Crippen molar-refractivity contribution in [1.29, 1.82) is 0 Å². The van der Waals surface area contributed by atoms with E-state index in [-0.39, 0.29) is 5.91 Å². The minimum atomic E-state index is -0.331. The van der Waals surface area contributed by atoms with E-state index in [1.807, 2.05) is 6.92 Å². The molecule has 0 saturated heterocycles. The Morgan fingerprint density at radius 1 is 1.45 bits per heavy atom. The summed E-state index contributed by atoms with van der Waals surface area (Å²) in [4.78, 5) is 11.0. The number of hydrogen-bond acceptors (Lipinski definition) is 2. The van der Waals surface area contributed by atoms with Crippen LogP contribution in [0.2, 0.25) is 0 Å². The van der Waals surface area contributed by atoms with Gasteiger partial charge in [0.25, 0.3) is 5.91 Å². The Morgan fingerprint density at radius 3 is 2.64 bits per heavy atom. The molecule has 0 aliphatic heterocycles. The van der Waals surface area contributed by atoms with E-state index in [2.05, 4.69) is 0 Å². The Balaban J connectivity index is 2.74. The minimum Gasteiger partial charge on any atom is -0.288 e. The van der Waals surface area contributed by atoms with Gasteiger partial charge in [-0.3, -0.25) is 10.0 Å². The minimum absolute atomic E-state index is 0.331. The number of carbonyl (C=O) groups excluding carboxylic acids is 1. The topological polar surface area (TPSA) is 49.3 Å². The molecule has 0 atom stereocenters. The Morgan fingerprint density at radius 2 is 2.09 bits per heavy atom. The van der Waals surface area contributed by atoms with Crippen molar-refractivity contribution in [2.45, 2.75) is 32.6 Å². The van der Waals surface area contributed by atoms with Crippen molar-refractivity contribution in [3.05, 3.63) is 11.1 Å². The monoisotopic (exact) mass is 155 g/mol. The highest BCUT2D eigenvalue weighted by atomic mass is 16.5. The summed E-state index contributed by atoms with van der Waals surface area (Å²) < 4.78 is 0. The van der Waals surface area contributed by atoms with Crippen molar-refractivity contribution in [3.63, 3.8) is 0 Å². The lowest BCUT2D eigenvalue weighted by molar-refractivity contribution is -0.125. The van der Waals surface area contributed by atoms with Gasteiger partial charge < -0.3 is 0 Å². The number of nitrogens with one attached hydrogen (secondary N) is 1. The van der Waals surface area contributed by atoms with Crippen LogP contribution in [-0.2, 0) is 4.79 Å². The molecule has 1 amide bonds. The lowest BCUT2D eigenvalue weighted by Crippen LogP contribution is -2.23. The second-order valence-corrected chi connectivity index (χ2v) is 2.91. The van der Waals surface area contributed by atoms with E-state index in [0.29, 0.717) is 0 Å². The molecule has 62 valence electrons. The predicted molar refractivity (Wildman–Crippen MR) is 41.1 cm³/mol. The molecule has 0 saturated carbocycles. The Bertz CT molecular complexity index is 196. The first kappa shape index (κ1) is 8.27. The fraction of sp³-hybridized carbons (Fsp3) is 0.625. The molecule has 3 heteroatoms. The van der Waals surface area contributed by atoms with Gasteiger partial charge in [-0.1, -0.05) is 5.57 Å². The maximum Gasteiger partial charge on any atom is 0.270 e. The van der Waals surface area contributed by atoms with E-state index in [9.17, 15) is 4.79 Å². The van der Waals surface area contributed by atoms with E-state index in [1.165, 1.54) is 0 Å². The number of allylic oxidation sites excluding steroid dienone is 1. The standard InChI is InChI=1S/C8H13NO2/c1-6-4-2-3-5-7(6)8(10)9-11/h11H,2-5H2,1H3,(H,9,10). The quantitative estimate of drug-likeness (QED) is 0.444. The van der Waals surface area contributed by atoms with Crippen molar-refractivity contribution in [3.8, 4) is 0 Å². The molecule has 0 radical (unpaired) electrons. The summed E-state index contributed by atoms with van der Waals surface area (Å²) >= 11 is 0. The van der Waals surface area contributed by atoms with E-state index in [1.54, 1.807) is 5.48 Å². The highest BCUT2D eigenvalue weighted by Crippen LogP contribution is 2.23. The molecule has 0 spiro atoms. The van der Waals surface area contributed by atoms with Gasteiger partial charge in [-0.25, -0.2) is 5.48 Å². The molecule has 0 aromatic carbocycles. The molecule has 0 aromatic heterocycles. The zero-order valence-corrected chi connectivity index (χ0v) is 6.68. The van der Waals surface area contributed by atoms with Crippen molar-refractivity contribution in [1.82, 2.24) is 5.48 Å². The van der Waals surface area contributed by atoms with E-state index in [0.717, 1.165) is 36.8 Å². The average Bonchev–Trinajstić information content (AvgIpc) is 2.04. The van der Waals surface area contributed by atoms with Crippen LogP contribution < -0.4 is 5.48 Å². The average molecular weight is 155 g/mol. The van der Waals surface area contributed by atoms with Gasteiger partial charge in [0.1, 0.15) is 0 Å². The van der Waals surface area contributed by atoms with Gasteiger partial charge in [0.2, 0.25) is 0 Å².